The summed E-state index contributed by atoms with van der Waals surface area (Å²) in [5, 5.41) is 14.4. The van der Waals surface area contributed by atoms with Crippen molar-refractivity contribution in [3.63, 3.8) is 0 Å². The molecule has 0 aromatic carbocycles. The van der Waals surface area contributed by atoms with E-state index >= 15 is 0 Å². The Hall–Kier alpha value is -2.05. The number of hydrogen-bond acceptors (Lipinski definition) is 4. The first-order valence-corrected chi connectivity index (χ1v) is 7.05. The van der Waals surface area contributed by atoms with Crippen molar-refractivity contribution in [3.8, 4) is 0 Å². The van der Waals surface area contributed by atoms with Gasteiger partial charge in [-0.05, 0) is 22.9 Å². The largest absolute Gasteiger partial charge is 0.481 e. The summed E-state index contributed by atoms with van der Waals surface area (Å²) in [6, 6.07) is 3.25. The van der Waals surface area contributed by atoms with Gasteiger partial charge in [-0.3, -0.25) is 9.59 Å². The molecule has 2 rings (SSSR count). The van der Waals surface area contributed by atoms with Crippen LogP contribution in [-0.2, 0) is 9.59 Å². The monoisotopic (exact) mass is 294 g/mol. The molecular weight excluding hydrogens is 280 g/mol. The van der Waals surface area contributed by atoms with E-state index in [2.05, 4.69) is 10.0 Å². The second-order valence-corrected chi connectivity index (χ2v) is 5.64. The molecule has 1 saturated heterocycles. The predicted octanol–water partition coefficient (Wildman–Crippen LogP) is 2.42. The Morgan fingerprint density at radius 2 is 2.50 bits per heavy atom. The van der Waals surface area contributed by atoms with Gasteiger partial charge in [0.2, 0.25) is 5.91 Å². The van der Waals surface area contributed by atoms with Crippen LogP contribution in [0.4, 0.5) is 0 Å². The molecule has 2 heterocycles. The van der Waals surface area contributed by atoms with E-state index in [1.54, 1.807) is 4.90 Å². The molecule has 0 bridgehead atoms. The average Bonchev–Trinajstić information content (AvgIpc) is 3.03. The Kier molecular flexibility index (Phi) is 4.60. The van der Waals surface area contributed by atoms with Crippen LogP contribution >= 0.6 is 11.3 Å². The third kappa shape index (κ3) is 3.28. The first-order valence-electron chi connectivity index (χ1n) is 6.17. The van der Waals surface area contributed by atoms with E-state index in [4.69, 9.17) is 10.6 Å². The topological polar surface area (TPSA) is 106 Å². The first-order chi connectivity index (χ1) is 9.61. The van der Waals surface area contributed by atoms with Crippen LogP contribution in [-0.4, -0.2) is 35.0 Å². The van der Waals surface area contributed by atoms with Crippen molar-refractivity contribution < 1.29 is 14.7 Å². The third-order valence-electron chi connectivity index (χ3n) is 3.26. The molecule has 20 heavy (non-hydrogen) atoms. The van der Waals surface area contributed by atoms with Crippen LogP contribution in [0, 0.1) is 5.92 Å². The Bertz CT molecular complexity index is 539. The van der Waals surface area contributed by atoms with Crippen LogP contribution in [0.2, 0.25) is 0 Å². The van der Waals surface area contributed by atoms with Gasteiger partial charge < -0.3 is 10.0 Å². The zero-order valence-corrected chi connectivity index (χ0v) is 11.5. The number of carboxylic acids is 1. The Morgan fingerprint density at radius 1 is 1.70 bits per heavy atom. The van der Waals surface area contributed by atoms with Crippen molar-refractivity contribution in [3.05, 3.63) is 32.8 Å². The first kappa shape index (κ1) is 14.4. The molecule has 1 aromatic heterocycles. The quantitative estimate of drug-likeness (QED) is 0.494. The second kappa shape index (κ2) is 6.40. The molecule has 1 aliphatic rings. The molecule has 106 valence electrons. The van der Waals surface area contributed by atoms with Gasteiger partial charge in [0.05, 0.1) is 12.5 Å². The maximum absolute atomic E-state index is 12.1. The number of rotatable bonds is 6. The van der Waals surface area contributed by atoms with Crippen molar-refractivity contribution >= 4 is 23.2 Å². The summed E-state index contributed by atoms with van der Waals surface area (Å²) in [4.78, 5) is 28.2. The zero-order valence-electron chi connectivity index (χ0n) is 10.7. The van der Waals surface area contributed by atoms with Crippen molar-refractivity contribution in [2.45, 2.75) is 18.9 Å². The molecule has 1 aliphatic heterocycles. The molecular formula is C12H14N4O3S. The van der Waals surface area contributed by atoms with Crippen LogP contribution in [0.1, 0.15) is 23.8 Å². The summed E-state index contributed by atoms with van der Waals surface area (Å²) < 4.78 is 0. The Morgan fingerprint density at radius 3 is 3.10 bits per heavy atom. The molecule has 1 N–H and O–H groups in total. The normalized spacial score (nSPS) is 19.7. The van der Waals surface area contributed by atoms with Crippen molar-refractivity contribution in [1.29, 1.82) is 0 Å². The molecule has 1 aromatic rings. The van der Waals surface area contributed by atoms with Gasteiger partial charge in [-0.25, -0.2) is 0 Å². The van der Waals surface area contributed by atoms with E-state index in [-0.39, 0.29) is 24.8 Å². The summed E-state index contributed by atoms with van der Waals surface area (Å²) in [6.07, 6.45) is 0.195. The minimum Gasteiger partial charge on any atom is -0.481 e. The van der Waals surface area contributed by atoms with Crippen LogP contribution in [0.25, 0.3) is 10.4 Å². The van der Waals surface area contributed by atoms with Gasteiger partial charge in [-0.15, -0.1) is 11.3 Å². The van der Waals surface area contributed by atoms with Crippen LogP contribution < -0.4 is 0 Å². The van der Waals surface area contributed by atoms with E-state index in [1.807, 2.05) is 17.5 Å². The van der Waals surface area contributed by atoms with Gasteiger partial charge in [0.1, 0.15) is 0 Å². The van der Waals surface area contributed by atoms with Crippen LogP contribution in [0.5, 0.6) is 0 Å². The number of azide groups is 1. The van der Waals surface area contributed by atoms with Gasteiger partial charge in [0.15, 0.2) is 0 Å². The molecule has 0 aliphatic carbocycles. The predicted molar refractivity (Wildman–Crippen MR) is 73.1 cm³/mol. The van der Waals surface area contributed by atoms with Crippen molar-refractivity contribution in [1.82, 2.24) is 4.90 Å². The van der Waals surface area contributed by atoms with Gasteiger partial charge in [-0.1, -0.05) is 11.2 Å². The standard InChI is InChI=1S/C12H14N4O3S/c13-15-14-6-8-4-11(17)16(7-8)9(5-12(18)19)10-2-1-3-20-10/h1-3,8-9H,4-7H2,(H,18,19). The minimum atomic E-state index is -0.935. The molecule has 0 radical (unpaired) electrons. The molecule has 1 amide bonds. The fourth-order valence-corrected chi connectivity index (χ4v) is 3.23. The molecule has 0 saturated carbocycles. The number of carboxylic acid groups (broad SMARTS) is 1. The van der Waals surface area contributed by atoms with Gasteiger partial charge in [0.25, 0.3) is 0 Å². The second-order valence-electron chi connectivity index (χ2n) is 4.66. The van der Waals surface area contributed by atoms with E-state index < -0.39 is 12.0 Å². The highest BCUT2D eigenvalue weighted by Gasteiger charge is 2.36. The number of nitrogens with zero attached hydrogens (tertiary/aromatic N) is 4. The fourth-order valence-electron chi connectivity index (χ4n) is 2.39. The Labute approximate surface area is 119 Å². The summed E-state index contributed by atoms with van der Waals surface area (Å²) in [6.45, 7) is 0.705. The number of hydrogen-bond donors (Lipinski definition) is 1. The average molecular weight is 294 g/mol. The lowest BCUT2D eigenvalue weighted by atomic mass is 10.1. The van der Waals surface area contributed by atoms with Gasteiger partial charge in [0, 0.05) is 29.3 Å². The summed E-state index contributed by atoms with van der Waals surface area (Å²) in [5.74, 6) is -1.05. The van der Waals surface area contributed by atoms with Gasteiger partial charge in [-0.2, -0.15) is 0 Å². The summed E-state index contributed by atoms with van der Waals surface area (Å²) in [5.41, 5.74) is 8.32. The number of thiophene rings is 1. The maximum atomic E-state index is 12.1. The number of carbonyl (C=O) groups excluding carboxylic acids is 1. The number of amides is 1. The molecule has 2 atom stereocenters. The van der Waals surface area contributed by atoms with Crippen molar-refractivity contribution in [2.75, 3.05) is 13.1 Å². The highest BCUT2D eigenvalue weighted by atomic mass is 32.1. The van der Waals surface area contributed by atoms with E-state index in [9.17, 15) is 9.59 Å². The minimum absolute atomic E-state index is 0.0327. The molecule has 0 spiro atoms. The number of carbonyl (C=O) groups is 2. The SMILES string of the molecule is [N-]=[N+]=NCC1CC(=O)N(C(CC(=O)O)c2cccs2)C1. The maximum Gasteiger partial charge on any atom is 0.305 e. The van der Waals surface area contributed by atoms with Crippen LogP contribution in [0.15, 0.2) is 22.6 Å². The fraction of sp³-hybridized carbons (Fsp3) is 0.500. The lowest BCUT2D eigenvalue weighted by Crippen LogP contribution is -2.31. The molecule has 2 unspecified atom stereocenters. The molecule has 8 heteroatoms. The van der Waals surface area contributed by atoms with Crippen molar-refractivity contribution in [2.24, 2.45) is 11.0 Å². The smallest absolute Gasteiger partial charge is 0.305 e. The summed E-state index contributed by atoms with van der Waals surface area (Å²) >= 11 is 1.44. The number of aliphatic carboxylic acids is 1. The van der Waals surface area contributed by atoms with E-state index in [1.165, 1.54) is 11.3 Å². The van der Waals surface area contributed by atoms with Crippen LogP contribution in [0.3, 0.4) is 0 Å². The van der Waals surface area contributed by atoms with Gasteiger partial charge >= 0.3 is 5.97 Å². The highest BCUT2D eigenvalue weighted by molar-refractivity contribution is 7.10. The number of likely N-dealkylation sites (tertiary alicyclic amines) is 1. The molecule has 1 fully saturated rings. The highest BCUT2D eigenvalue weighted by Crippen LogP contribution is 2.33. The van der Waals surface area contributed by atoms with E-state index in [0.29, 0.717) is 13.0 Å². The lowest BCUT2D eigenvalue weighted by Gasteiger charge is -2.26. The zero-order chi connectivity index (χ0) is 14.5. The lowest BCUT2D eigenvalue weighted by molar-refractivity contribution is -0.139. The summed E-state index contributed by atoms with van der Waals surface area (Å²) in [7, 11) is 0. The Balaban J connectivity index is 2.15. The third-order valence-corrected chi connectivity index (χ3v) is 4.23. The van der Waals surface area contributed by atoms with E-state index in [0.717, 1.165) is 4.88 Å². The molecule has 7 nitrogen and oxygen atoms in total.